The smallest absolute Gasteiger partial charge is 0.330 e. The van der Waals surface area contributed by atoms with E-state index in [1.165, 1.54) is 15.7 Å². The van der Waals surface area contributed by atoms with Crippen molar-refractivity contribution in [3.05, 3.63) is 103 Å². The highest BCUT2D eigenvalue weighted by Crippen LogP contribution is 2.37. The summed E-state index contributed by atoms with van der Waals surface area (Å²) < 4.78 is 7.62. The zero-order valence-electron chi connectivity index (χ0n) is 19.9. The highest BCUT2D eigenvalue weighted by atomic mass is 16.5. The normalized spacial score (nSPS) is 17.3. The molecule has 1 aliphatic rings. The van der Waals surface area contributed by atoms with Gasteiger partial charge in [0.25, 0.3) is 12.0 Å². The van der Waals surface area contributed by atoms with Gasteiger partial charge >= 0.3 is 5.69 Å². The Kier molecular flexibility index (Phi) is 7.12. The van der Waals surface area contributed by atoms with E-state index in [-0.39, 0.29) is 36.4 Å². The summed E-state index contributed by atoms with van der Waals surface area (Å²) in [6.45, 7) is 5.29. The predicted molar refractivity (Wildman–Crippen MR) is 131 cm³/mol. The van der Waals surface area contributed by atoms with Crippen molar-refractivity contribution in [3.8, 4) is 0 Å². The first-order valence-corrected chi connectivity index (χ1v) is 11.6. The van der Waals surface area contributed by atoms with Gasteiger partial charge in [0.1, 0.15) is 0 Å². The number of rotatable bonds is 8. The molecule has 2 atom stereocenters. The average Bonchev–Trinajstić information content (AvgIpc) is 2.84. The fourth-order valence-corrected chi connectivity index (χ4v) is 4.81. The van der Waals surface area contributed by atoms with Gasteiger partial charge in [-0.2, -0.15) is 0 Å². The molecule has 7 nitrogen and oxygen atoms in total. The summed E-state index contributed by atoms with van der Waals surface area (Å²) in [6.07, 6.45) is 1.06. The fraction of sp³-hybridized carbons (Fsp3) is 0.370. The van der Waals surface area contributed by atoms with Crippen LogP contribution in [0.15, 0.2) is 58.1 Å². The lowest BCUT2D eigenvalue weighted by molar-refractivity contribution is -0.128. The maximum Gasteiger partial charge on any atom is 0.330 e. The van der Waals surface area contributed by atoms with E-state index in [1.807, 2.05) is 0 Å². The molecule has 1 aliphatic heterocycles. The van der Waals surface area contributed by atoms with E-state index in [4.69, 9.17) is 4.74 Å². The monoisotopic (exact) mass is 461 g/mol. The predicted octanol–water partition coefficient (Wildman–Crippen LogP) is 2.90. The van der Waals surface area contributed by atoms with E-state index < -0.39 is 0 Å². The van der Waals surface area contributed by atoms with Crippen LogP contribution in [-0.2, 0) is 36.1 Å². The van der Waals surface area contributed by atoms with Crippen LogP contribution in [-0.4, -0.2) is 22.2 Å². The van der Waals surface area contributed by atoms with Crippen molar-refractivity contribution in [2.24, 2.45) is 7.05 Å². The number of ether oxygens (including phenoxy) is 1. The van der Waals surface area contributed by atoms with Gasteiger partial charge in [-0.25, -0.2) is 4.79 Å². The van der Waals surface area contributed by atoms with Crippen LogP contribution >= 0.6 is 0 Å². The Labute approximate surface area is 199 Å². The fourth-order valence-electron chi connectivity index (χ4n) is 4.81. The number of fused-ring (bicyclic) bond motifs is 1. The topological polar surface area (TPSA) is 82.3 Å². The molecule has 0 amide bonds. The zero-order valence-corrected chi connectivity index (χ0v) is 19.9. The van der Waals surface area contributed by atoms with Crippen molar-refractivity contribution in [3.63, 3.8) is 0 Å². The number of benzene rings is 2. The first-order valence-electron chi connectivity index (χ1n) is 11.6. The van der Waals surface area contributed by atoms with Crippen LogP contribution in [0.3, 0.4) is 0 Å². The van der Waals surface area contributed by atoms with Crippen molar-refractivity contribution in [2.75, 3.05) is 6.61 Å². The van der Waals surface area contributed by atoms with Gasteiger partial charge in [0.15, 0.2) is 0 Å². The SMILES string of the molecule is Cc1ccc(CC2c3c(n(C)c(=O)n(CCCOC=O)c3=O)CNC2c2ccc(C)cc2)cc1. The van der Waals surface area contributed by atoms with Gasteiger partial charge in [-0.1, -0.05) is 59.7 Å². The minimum absolute atomic E-state index is 0.0635. The van der Waals surface area contributed by atoms with Crippen molar-refractivity contribution in [1.82, 2.24) is 14.5 Å². The summed E-state index contributed by atoms with van der Waals surface area (Å²) in [4.78, 5) is 37.2. The van der Waals surface area contributed by atoms with Gasteiger partial charge in [0.2, 0.25) is 0 Å². The van der Waals surface area contributed by atoms with Gasteiger partial charge in [0.05, 0.1) is 6.61 Å². The highest BCUT2D eigenvalue weighted by Gasteiger charge is 2.35. The number of aromatic nitrogens is 2. The van der Waals surface area contributed by atoms with Gasteiger partial charge in [0, 0.05) is 43.4 Å². The minimum atomic E-state index is -0.348. The molecular formula is C27H31N3O4. The van der Waals surface area contributed by atoms with E-state index in [0.29, 0.717) is 31.4 Å². The number of carbonyl (C=O) groups excluding carboxylic acids is 1. The third-order valence-corrected chi connectivity index (χ3v) is 6.70. The molecule has 3 aromatic rings. The maximum atomic E-state index is 13.7. The molecule has 0 saturated heterocycles. The summed E-state index contributed by atoms with van der Waals surface area (Å²) in [5.41, 5.74) is 5.44. The minimum Gasteiger partial charge on any atom is -0.468 e. The van der Waals surface area contributed by atoms with Crippen molar-refractivity contribution < 1.29 is 9.53 Å². The zero-order chi connectivity index (χ0) is 24.2. The Morgan fingerprint density at radius 1 is 1.03 bits per heavy atom. The second-order valence-corrected chi connectivity index (χ2v) is 9.04. The van der Waals surface area contributed by atoms with E-state index in [1.54, 1.807) is 11.6 Å². The molecule has 4 rings (SSSR count). The number of nitrogens with zero attached hydrogens (tertiary/aromatic N) is 2. The summed E-state index contributed by atoms with van der Waals surface area (Å²) in [5.74, 6) is -0.147. The Bertz CT molecular complexity index is 1270. The second-order valence-electron chi connectivity index (χ2n) is 9.04. The molecule has 7 heteroatoms. The summed E-state index contributed by atoms with van der Waals surface area (Å²) in [5, 5.41) is 3.60. The lowest BCUT2D eigenvalue weighted by Crippen LogP contribution is -2.48. The number of carbonyl (C=O) groups is 1. The Balaban J connectivity index is 1.82. The molecule has 2 unspecified atom stereocenters. The van der Waals surface area contributed by atoms with Crippen LogP contribution in [0.1, 0.15) is 51.9 Å². The van der Waals surface area contributed by atoms with E-state index in [2.05, 4.69) is 67.7 Å². The Morgan fingerprint density at radius 3 is 2.32 bits per heavy atom. The molecule has 2 aromatic carbocycles. The molecule has 0 bridgehead atoms. The molecule has 178 valence electrons. The van der Waals surface area contributed by atoms with Crippen LogP contribution in [0.4, 0.5) is 0 Å². The summed E-state index contributed by atoms with van der Waals surface area (Å²) in [7, 11) is 1.72. The lowest BCUT2D eigenvalue weighted by atomic mass is 9.79. The maximum absolute atomic E-state index is 13.7. The molecule has 2 heterocycles. The van der Waals surface area contributed by atoms with E-state index in [0.717, 1.165) is 16.8 Å². The number of hydrogen-bond donors (Lipinski definition) is 1. The largest absolute Gasteiger partial charge is 0.468 e. The average molecular weight is 462 g/mol. The number of aryl methyl sites for hydroxylation is 2. The van der Waals surface area contributed by atoms with Crippen LogP contribution in [0, 0.1) is 13.8 Å². The van der Waals surface area contributed by atoms with Gasteiger partial charge < -0.3 is 10.1 Å². The van der Waals surface area contributed by atoms with E-state index >= 15 is 0 Å². The van der Waals surface area contributed by atoms with Gasteiger partial charge in [-0.15, -0.1) is 0 Å². The molecule has 1 aromatic heterocycles. The third kappa shape index (κ3) is 4.75. The molecule has 0 fully saturated rings. The first-order chi connectivity index (χ1) is 16.4. The molecule has 1 N–H and O–H groups in total. The highest BCUT2D eigenvalue weighted by molar-refractivity contribution is 5.37. The number of hydrogen-bond acceptors (Lipinski definition) is 5. The first kappa shape index (κ1) is 23.7. The molecule has 0 saturated carbocycles. The van der Waals surface area contributed by atoms with Crippen molar-refractivity contribution in [1.29, 1.82) is 0 Å². The molecule has 0 spiro atoms. The third-order valence-electron chi connectivity index (χ3n) is 6.70. The van der Waals surface area contributed by atoms with Crippen LogP contribution < -0.4 is 16.6 Å². The van der Waals surface area contributed by atoms with Crippen molar-refractivity contribution >= 4 is 6.47 Å². The van der Waals surface area contributed by atoms with Crippen LogP contribution in [0.2, 0.25) is 0 Å². The van der Waals surface area contributed by atoms with Gasteiger partial charge in [-0.05, 0) is 37.8 Å². The molecule has 0 radical (unpaired) electrons. The molecule has 0 aliphatic carbocycles. The van der Waals surface area contributed by atoms with Crippen LogP contribution in [0.5, 0.6) is 0 Å². The molecule has 34 heavy (non-hydrogen) atoms. The molecular weight excluding hydrogens is 430 g/mol. The standard InChI is InChI=1S/C27H31N3O4/c1-18-5-9-20(10-6-18)15-22-24-23(16-28-25(22)21-11-7-19(2)8-12-21)29(3)27(33)30(26(24)32)13-4-14-34-17-31/h5-12,17,22,25,28H,4,13-16H2,1-3H3. The lowest BCUT2D eigenvalue weighted by Gasteiger charge is -2.36. The van der Waals surface area contributed by atoms with E-state index in [9.17, 15) is 14.4 Å². The second kappa shape index (κ2) is 10.2. The Hall–Kier alpha value is -3.45. The van der Waals surface area contributed by atoms with Crippen molar-refractivity contribution in [2.45, 2.75) is 51.7 Å². The Morgan fingerprint density at radius 2 is 1.68 bits per heavy atom. The summed E-state index contributed by atoms with van der Waals surface area (Å²) >= 11 is 0. The van der Waals surface area contributed by atoms with Crippen LogP contribution in [0.25, 0.3) is 0 Å². The number of nitrogens with one attached hydrogen (secondary N) is 1. The van der Waals surface area contributed by atoms with Gasteiger partial charge in [-0.3, -0.25) is 18.7 Å². The summed E-state index contributed by atoms with van der Waals surface area (Å²) in [6, 6.07) is 16.7. The quantitative estimate of drug-likeness (QED) is 0.412.